The van der Waals surface area contributed by atoms with Crippen LogP contribution in [0.25, 0.3) is 0 Å². The first kappa shape index (κ1) is 16.4. The van der Waals surface area contributed by atoms with Crippen LogP contribution in [0.1, 0.15) is 31.5 Å². The van der Waals surface area contributed by atoms with E-state index in [1.165, 1.54) is 0 Å². The van der Waals surface area contributed by atoms with Gasteiger partial charge in [0, 0.05) is 19.6 Å². The van der Waals surface area contributed by atoms with Crippen LogP contribution in [0.5, 0.6) is 0 Å². The highest BCUT2D eigenvalue weighted by atomic mass is 16.6. The zero-order valence-electron chi connectivity index (χ0n) is 14.0. The molecule has 10 heteroatoms. The molecule has 130 valence electrons. The number of hydrogen-bond donors (Lipinski definition) is 0. The van der Waals surface area contributed by atoms with Gasteiger partial charge in [0.25, 0.3) is 0 Å². The van der Waals surface area contributed by atoms with Crippen molar-refractivity contribution in [2.75, 3.05) is 24.6 Å². The summed E-state index contributed by atoms with van der Waals surface area (Å²) in [7, 11) is 0. The summed E-state index contributed by atoms with van der Waals surface area (Å²) in [4.78, 5) is 13.1. The molecule has 0 bridgehead atoms. The van der Waals surface area contributed by atoms with Crippen molar-refractivity contribution in [1.29, 1.82) is 0 Å². The van der Waals surface area contributed by atoms with Crippen LogP contribution in [0.15, 0.2) is 6.33 Å². The van der Waals surface area contributed by atoms with Gasteiger partial charge in [-0.25, -0.2) is 4.68 Å². The largest absolute Gasteiger partial charge is 0.366 e. The van der Waals surface area contributed by atoms with Crippen LogP contribution < -0.4 is 4.90 Å². The molecular weight excluding hydrogens is 314 g/mol. The summed E-state index contributed by atoms with van der Waals surface area (Å²) in [6.45, 7) is 8.42. The number of nitrogens with zero attached hydrogens (tertiary/aromatic N) is 7. The second kappa shape index (κ2) is 6.56. The number of hydrogen-bond acceptors (Lipinski definition) is 7. The summed E-state index contributed by atoms with van der Waals surface area (Å²) >= 11 is 0. The van der Waals surface area contributed by atoms with E-state index in [1.54, 1.807) is 17.9 Å². The van der Waals surface area contributed by atoms with E-state index in [9.17, 15) is 10.1 Å². The van der Waals surface area contributed by atoms with Crippen molar-refractivity contribution in [1.82, 2.24) is 24.5 Å². The maximum absolute atomic E-state index is 11.5. The highest BCUT2D eigenvalue weighted by Crippen LogP contribution is 2.34. The van der Waals surface area contributed by atoms with E-state index in [2.05, 4.69) is 15.3 Å². The van der Waals surface area contributed by atoms with Gasteiger partial charge in [-0.1, -0.05) is 0 Å². The number of anilines is 1. The molecule has 1 aliphatic heterocycles. The lowest BCUT2D eigenvalue weighted by Gasteiger charge is -2.33. The molecule has 3 heterocycles. The minimum absolute atomic E-state index is 0.0643. The molecule has 1 unspecified atom stereocenters. The molecule has 1 atom stereocenters. The molecule has 1 aliphatic rings. The molecule has 0 radical (unpaired) electrons. The molecule has 10 nitrogen and oxygen atoms in total. The fourth-order valence-corrected chi connectivity index (χ4v) is 3.06. The van der Waals surface area contributed by atoms with E-state index >= 15 is 0 Å². The zero-order chi connectivity index (χ0) is 17.3. The van der Waals surface area contributed by atoms with Gasteiger partial charge >= 0.3 is 5.69 Å². The van der Waals surface area contributed by atoms with Crippen molar-refractivity contribution in [3.8, 4) is 0 Å². The molecule has 0 saturated carbocycles. The summed E-state index contributed by atoms with van der Waals surface area (Å²) in [5, 5.41) is 23.9. The number of rotatable bonds is 5. The highest BCUT2D eigenvalue weighted by molar-refractivity contribution is 5.61. The van der Waals surface area contributed by atoms with Gasteiger partial charge in [-0.3, -0.25) is 10.1 Å². The number of nitro groups is 1. The Bertz CT molecular complexity index is 739. The van der Waals surface area contributed by atoms with Crippen molar-refractivity contribution < 1.29 is 9.66 Å². The third kappa shape index (κ3) is 2.73. The number of aromatic nitrogens is 5. The van der Waals surface area contributed by atoms with Gasteiger partial charge < -0.3 is 14.2 Å². The minimum atomic E-state index is -0.358. The Morgan fingerprint density at radius 2 is 2.21 bits per heavy atom. The van der Waals surface area contributed by atoms with Crippen LogP contribution in [0.3, 0.4) is 0 Å². The molecular formula is C14H21N7O3. The first-order valence-electron chi connectivity index (χ1n) is 8.02. The van der Waals surface area contributed by atoms with Gasteiger partial charge in [-0.2, -0.15) is 5.10 Å². The lowest BCUT2D eigenvalue weighted by Crippen LogP contribution is -2.40. The smallest absolute Gasteiger partial charge is 0.333 e. The fraction of sp³-hybridized carbons (Fsp3) is 0.643. The van der Waals surface area contributed by atoms with Gasteiger partial charge in [0.2, 0.25) is 5.82 Å². The molecule has 0 aromatic carbocycles. The van der Waals surface area contributed by atoms with Gasteiger partial charge in [-0.15, -0.1) is 10.2 Å². The Morgan fingerprint density at radius 3 is 2.88 bits per heavy atom. The quantitative estimate of drug-likeness (QED) is 0.599. The monoisotopic (exact) mass is 335 g/mol. The van der Waals surface area contributed by atoms with Crippen molar-refractivity contribution >= 4 is 11.5 Å². The Kier molecular flexibility index (Phi) is 4.47. The average molecular weight is 335 g/mol. The summed E-state index contributed by atoms with van der Waals surface area (Å²) in [6, 6.07) is 0. The van der Waals surface area contributed by atoms with Crippen LogP contribution in [-0.4, -0.2) is 49.2 Å². The average Bonchev–Trinajstić information content (AvgIpc) is 3.18. The molecule has 3 rings (SSSR count). The molecule has 2 aromatic rings. The van der Waals surface area contributed by atoms with Crippen molar-refractivity contribution in [2.45, 2.75) is 40.0 Å². The molecule has 0 N–H and O–H groups in total. The Balaban J connectivity index is 1.94. The molecule has 0 amide bonds. The van der Waals surface area contributed by atoms with E-state index < -0.39 is 0 Å². The van der Waals surface area contributed by atoms with Crippen LogP contribution >= 0.6 is 0 Å². The number of aryl methyl sites for hydroxylation is 3. The lowest BCUT2D eigenvalue weighted by atomic mass is 10.2. The second-order valence-corrected chi connectivity index (χ2v) is 5.61. The van der Waals surface area contributed by atoms with E-state index in [0.717, 1.165) is 12.4 Å². The Labute approximate surface area is 139 Å². The molecule has 24 heavy (non-hydrogen) atoms. The molecule has 0 spiro atoms. The number of ether oxygens (including phenoxy) is 1. The summed E-state index contributed by atoms with van der Waals surface area (Å²) in [5.74, 6) is 1.28. The summed E-state index contributed by atoms with van der Waals surface area (Å²) in [5.41, 5.74) is 0.492. The highest BCUT2D eigenvalue weighted by Gasteiger charge is 2.34. The maximum atomic E-state index is 11.5. The minimum Gasteiger partial charge on any atom is -0.366 e. The Hall–Kier alpha value is -2.49. The van der Waals surface area contributed by atoms with Crippen molar-refractivity contribution in [2.24, 2.45) is 0 Å². The van der Waals surface area contributed by atoms with Gasteiger partial charge in [0.15, 0.2) is 5.82 Å². The lowest BCUT2D eigenvalue weighted by molar-refractivity contribution is -0.384. The van der Waals surface area contributed by atoms with Crippen LogP contribution in [0.2, 0.25) is 0 Å². The van der Waals surface area contributed by atoms with Crippen LogP contribution in [0.4, 0.5) is 11.5 Å². The standard InChI is InChI=1S/C14H21N7O3/c1-4-18-9-15-16-13(18)11-8-19(6-7-24-11)14-12(21(22)23)10(3)17-20(14)5-2/h9,11H,4-8H2,1-3H3. The van der Waals surface area contributed by atoms with Crippen molar-refractivity contribution in [3.63, 3.8) is 0 Å². The summed E-state index contributed by atoms with van der Waals surface area (Å²) < 4.78 is 9.44. The number of morpholine rings is 1. The molecule has 0 aliphatic carbocycles. The summed E-state index contributed by atoms with van der Waals surface area (Å²) in [6.07, 6.45) is 1.39. The van der Waals surface area contributed by atoms with Gasteiger partial charge in [0.1, 0.15) is 18.1 Å². The maximum Gasteiger partial charge on any atom is 0.333 e. The topological polar surface area (TPSA) is 104 Å². The van der Waals surface area contributed by atoms with E-state index in [4.69, 9.17) is 4.74 Å². The first-order valence-corrected chi connectivity index (χ1v) is 8.02. The first-order chi connectivity index (χ1) is 11.6. The second-order valence-electron chi connectivity index (χ2n) is 5.61. The van der Waals surface area contributed by atoms with E-state index in [0.29, 0.717) is 37.8 Å². The normalized spacial score (nSPS) is 18.1. The molecule has 1 saturated heterocycles. The molecule has 1 fully saturated rings. The molecule has 2 aromatic heterocycles. The third-order valence-electron chi connectivity index (χ3n) is 4.19. The predicted molar refractivity (Wildman–Crippen MR) is 85.9 cm³/mol. The van der Waals surface area contributed by atoms with E-state index in [-0.39, 0.29) is 16.7 Å². The van der Waals surface area contributed by atoms with Crippen LogP contribution in [-0.2, 0) is 17.8 Å². The van der Waals surface area contributed by atoms with Crippen LogP contribution in [0, 0.1) is 17.0 Å². The predicted octanol–water partition coefficient (Wildman–Crippen LogP) is 1.31. The Morgan fingerprint density at radius 1 is 1.42 bits per heavy atom. The van der Waals surface area contributed by atoms with Gasteiger partial charge in [0.05, 0.1) is 18.1 Å². The fourth-order valence-electron chi connectivity index (χ4n) is 3.06. The third-order valence-corrected chi connectivity index (χ3v) is 4.19. The van der Waals surface area contributed by atoms with Gasteiger partial charge in [-0.05, 0) is 20.8 Å². The van der Waals surface area contributed by atoms with E-state index in [1.807, 2.05) is 23.3 Å². The van der Waals surface area contributed by atoms with Crippen molar-refractivity contribution in [3.05, 3.63) is 28.0 Å². The zero-order valence-corrected chi connectivity index (χ0v) is 14.0. The SMILES string of the molecule is CCn1cnnc1C1CN(c2c([N+](=O)[O-])c(C)nn2CC)CCO1.